The van der Waals surface area contributed by atoms with Crippen molar-refractivity contribution < 1.29 is 0 Å². The van der Waals surface area contributed by atoms with Gasteiger partial charge in [-0.25, -0.2) is 0 Å². The molecule has 19 heavy (non-hydrogen) atoms. The Kier molecular flexibility index (Phi) is 4.87. The normalized spacial score (nSPS) is 15.0. The standard InChI is InChI=1S/C17H28N2/c1-13(2)9-10-19(4)17-8-5-15(11-14(17)3)12-18-16-6-7-16/h5,8,11,13,16,18H,6-7,9-10,12H2,1-4H3. The van der Waals surface area contributed by atoms with Gasteiger partial charge >= 0.3 is 0 Å². The molecule has 1 aliphatic carbocycles. The molecular formula is C17H28N2. The van der Waals surface area contributed by atoms with Gasteiger partial charge in [0.15, 0.2) is 0 Å². The van der Waals surface area contributed by atoms with Gasteiger partial charge in [-0.05, 0) is 49.3 Å². The van der Waals surface area contributed by atoms with Crippen molar-refractivity contribution in [2.75, 3.05) is 18.5 Å². The number of nitrogens with one attached hydrogen (secondary N) is 1. The lowest BCUT2D eigenvalue weighted by Gasteiger charge is -2.23. The van der Waals surface area contributed by atoms with Crippen LogP contribution < -0.4 is 10.2 Å². The number of rotatable bonds is 7. The van der Waals surface area contributed by atoms with Crippen molar-refractivity contribution in [3.63, 3.8) is 0 Å². The van der Waals surface area contributed by atoms with Crippen LogP contribution >= 0.6 is 0 Å². The van der Waals surface area contributed by atoms with E-state index in [1.54, 1.807) is 0 Å². The van der Waals surface area contributed by atoms with Gasteiger partial charge in [0.2, 0.25) is 0 Å². The number of hydrogen-bond donors (Lipinski definition) is 1. The van der Waals surface area contributed by atoms with E-state index in [1.807, 2.05) is 0 Å². The lowest BCUT2D eigenvalue weighted by atomic mass is 10.1. The molecule has 2 nitrogen and oxygen atoms in total. The molecule has 0 saturated heterocycles. The lowest BCUT2D eigenvalue weighted by molar-refractivity contribution is 0.585. The van der Waals surface area contributed by atoms with Gasteiger partial charge in [0.25, 0.3) is 0 Å². The fourth-order valence-electron chi connectivity index (χ4n) is 2.38. The predicted molar refractivity (Wildman–Crippen MR) is 83.8 cm³/mol. The van der Waals surface area contributed by atoms with E-state index < -0.39 is 0 Å². The molecule has 1 aliphatic rings. The Morgan fingerprint density at radius 2 is 2.05 bits per heavy atom. The van der Waals surface area contributed by atoms with Gasteiger partial charge in [-0.2, -0.15) is 0 Å². The summed E-state index contributed by atoms with van der Waals surface area (Å²) in [7, 11) is 2.20. The number of nitrogens with zero attached hydrogens (tertiary/aromatic N) is 1. The second-order valence-corrected chi connectivity index (χ2v) is 6.38. The van der Waals surface area contributed by atoms with Gasteiger partial charge in [-0.15, -0.1) is 0 Å². The van der Waals surface area contributed by atoms with Crippen LogP contribution in [0.2, 0.25) is 0 Å². The molecule has 0 atom stereocenters. The largest absolute Gasteiger partial charge is 0.374 e. The van der Waals surface area contributed by atoms with Gasteiger partial charge < -0.3 is 10.2 Å². The maximum atomic E-state index is 3.58. The van der Waals surface area contributed by atoms with Gasteiger partial charge in [0, 0.05) is 31.9 Å². The number of aryl methyl sites for hydroxylation is 1. The Labute approximate surface area is 118 Å². The van der Waals surface area contributed by atoms with E-state index in [2.05, 4.69) is 56.2 Å². The molecule has 0 amide bonds. The number of hydrogen-bond acceptors (Lipinski definition) is 2. The zero-order chi connectivity index (χ0) is 13.8. The van der Waals surface area contributed by atoms with Crippen LogP contribution in [-0.4, -0.2) is 19.6 Å². The number of anilines is 1. The van der Waals surface area contributed by atoms with Crippen LogP contribution in [0.4, 0.5) is 5.69 Å². The molecule has 0 bridgehead atoms. The highest BCUT2D eigenvalue weighted by molar-refractivity contribution is 5.53. The summed E-state index contributed by atoms with van der Waals surface area (Å²) < 4.78 is 0. The van der Waals surface area contributed by atoms with Gasteiger partial charge in [0.05, 0.1) is 0 Å². The first-order valence-corrected chi connectivity index (χ1v) is 7.60. The predicted octanol–water partition coefficient (Wildman–Crippen LogP) is 3.73. The van der Waals surface area contributed by atoms with Crippen LogP contribution in [0.3, 0.4) is 0 Å². The van der Waals surface area contributed by atoms with E-state index in [9.17, 15) is 0 Å². The molecule has 0 aromatic heterocycles. The first-order valence-electron chi connectivity index (χ1n) is 7.60. The van der Waals surface area contributed by atoms with Crippen molar-refractivity contribution in [2.24, 2.45) is 5.92 Å². The van der Waals surface area contributed by atoms with Crippen molar-refractivity contribution in [3.8, 4) is 0 Å². The van der Waals surface area contributed by atoms with E-state index in [-0.39, 0.29) is 0 Å². The van der Waals surface area contributed by atoms with Crippen molar-refractivity contribution in [2.45, 2.75) is 52.6 Å². The fourth-order valence-corrected chi connectivity index (χ4v) is 2.38. The third kappa shape index (κ3) is 4.54. The molecule has 1 saturated carbocycles. The highest BCUT2D eigenvalue weighted by Gasteiger charge is 2.19. The molecule has 2 rings (SSSR count). The van der Waals surface area contributed by atoms with Gasteiger partial charge in [-0.1, -0.05) is 26.0 Å². The molecule has 1 fully saturated rings. The Morgan fingerprint density at radius 3 is 2.63 bits per heavy atom. The zero-order valence-corrected chi connectivity index (χ0v) is 12.9. The third-order valence-corrected chi connectivity index (χ3v) is 3.89. The van der Waals surface area contributed by atoms with E-state index >= 15 is 0 Å². The highest BCUT2D eigenvalue weighted by atomic mass is 15.1. The van der Waals surface area contributed by atoms with Gasteiger partial charge in [-0.3, -0.25) is 0 Å². The smallest absolute Gasteiger partial charge is 0.0393 e. The minimum absolute atomic E-state index is 0.768. The topological polar surface area (TPSA) is 15.3 Å². The van der Waals surface area contributed by atoms with Crippen LogP contribution in [-0.2, 0) is 6.54 Å². The summed E-state index contributed by atoms with van der Waals surface area (Å²) >= 11 is 0. The zero-order valence-electron chi connectivity index (χ0n) is 12.9. The van der Waals surface area contributed by atoms with Gasteiger partial charge in [0.1, 0.15) is 0 Å². The Bertz CT molecular complexity index is 408. The van der Waals surface area contributed by atoms with Crippen molar-refractivity contribution in [3.05, 3.63) is 29.3 Å². The van der Waals surface area contributed by atoms with Crippen LogP contribution in [0.1, 0.15) is 44.2 Å². The second kappa shape index (κ2) is 6.42. The molecule has 2 heteroatoms. The van der Waals surface area contributed by atoms with Crippen molar-refractivity contribution in [1.29, 1.82) is 0 Å². The Hall–Kier alpha value is -1.02. The summed E-state index contributed by atoms with van der Waals surface area (Å²) in [6.07, 6.45) is 3.96. The summed E-state index contributed by atoms with van der Waals surface area (Å²) in [5.74, 6) is 0.768. The molecule has 0 heterocycles. The first kappa shape index (κ1) is 14.4. The molecule has 0 aliphatic heterocycles. The van der Waals surface area contributed by atoms with E-state index in [0.29, 0.717) is 0 Å². The van der Waals surface area contributed by atoms with Crippen LogP contribution in [0.15, 0.2) is 18.2 Å². The molecule has 0 unspecified atom stereocenters. The molecule has 0 spiro atoms. The van der Waals surface area contributed by atoms with Crippen molar-refractivity contribution >= 4 is 5.69 Å². The summed E-state index contributed by atoms with van der Waals surface area (Å²) in [5, 5.41) is 3.58. The lowest BCUT2D eigenvalue weighted by Crippen LogP contribution is -2.21. The Balaban J connectivity index is 1.92. The number of benzene rings is 1. The first-order chi connectivity index (χ1) is 9.06. The SMILES string of the molecule is Cc1cc(CNC2CC2)ccc1N(C)CCC(C)C. The summed E-state index contributed by atoms with van der Waals surface area (Å²) in [6, 6.07) is 7.66. The van der Waals surface area contributed by atoms with Crippen LogP contribution in [0.5, 0.6) is 0 Å². The molecule has 1 aromatic rings. The van der Waals surface area contributed by atoms with Crippen LogP contribution in [0, 0.1) is 12.8 Å². The second-order valence-electron chi connectivity index (χ2n) is 6.38. The molecule has 106 valence electrons. The molecule has 1 aromatic carbocycles. The summed E-state index contributed by atoms with van der Waals surface area (Å²) in [4.78, 5) is 2.38. The van der Waals surface area contributed by atoms with E-state index in [4.69, 9.17) is 0 Å². The molecular weight excluding hydrogens is 232 g/mol. The minimum Gasteiger partial charge on any atom is -0.374 e. The minimum atomic E-state index is 0.768. The van der Waals surface area contributed by atoms with E-state index in [1.165, 1.54) is 36.1 Å². The third-order valence-electron chi connectivity index (χ3n) is 3.89. The molecule has 0 radical (unpaired) electrons. The Morgan fingerprint density at radius 1 is 1.32 bits per heavy atom. The maximum absolute atomic E-state index is 3.58. The average Bonchev–Trinajstić information content (AvgIpc) is 3.17. The van der Waals surface area contributed by atoms with E-state index in [0.717, 1.165) is 25.0 Å². The fraction of sp³-hybridized carbons (Fsp3) is 0.647. The average molecular weight is 260 g/mol. The molecule has 1 N–H and O–H groups in total. The monoisotopic (exact) mass is 260 g/mol. The van der Waals surface area contributed by atoms with Crippen molar-refractivity contribution in [1.82, 2.24) is 5.32 Å². The summed E-state index contributed by atoms with van der Waals surface area (Å²) in [6.45, 7) is 8.95. The van der Waals surface area contributed by atoms with Crippen LogP contribution in [0.25, 0.3) is 0 Å². The quantitative estimate of drug-likeness (QED) is 0.803. The summed E-state index contributed by atoms with van der Waals surface area (Å²) in [5.41, 5.74) is 4.17. The highest BCUT2D eigenvalue weighted by Crippen LogP contribution is 2.23. The maximum Gasteiger partial charge on any atom is 0.0393 e.